The van der Waals surface area contributed by atoms with Crippen LogP contribution in [0.25, 0.3) is 0 Å². The summed E-state index contributed by atoms with van der Waals surface area (Å²) in [5.74, 6) is -0.347. The zero-order valence-corrected chi connectivity index (χ0v) is 11.4. The van der Waals surface area contributed by atoms with E-state index in [4.69, 9.17) is 0 Å². The van der Waals surface area contributed by atoms with E-state index in [9.17, 15) is 14.3 Å². The number of phenols is 1. The number of H-pyrrole nitrogens is 1. The van der Waals surface area contributed by atoms with Crippen LogP contribution in [0.15, 0.2) is 41.3 Å². The molecule has 2 aromatic rings. The minimum absolute atomic E-state index is 0.0458. The normalized spacial score (nSPS) is 13.9. The average molecular weight is 276 g/mol. The van der Waals surface area contributed by atoms with Crippen LogP contribution in [0.5, 0.6) is 5.75 Å². The monoisotopic (exact) mass is 276 g/mol. The molecule has 1 aromatic heterocycles. The lowest BCUT2D eigenvalue weighted by Crippen LogP contribution is -2.23. The summed E-state index contributed by atoms with van der Waals surface area (Å²) in [6.45, 7) is 3.74. The first-order valence-electron chi connectivity index (χ1n) is 6.40. The standard InChI is InChI=1S/C15H17FN2O2/c1-9(11-5-6-17-15(20)7-11)18-10(2)13-8-12(16)3-4-14(13)19/h3-10,18-19H,1-2H3,(H,17,20). The van der Waals surface area contributed by atoms with Crippen molar-refractivity contribution >= 4 is 0 Å². The summed E-state index contributed by atoms with van der Waals surface area (Å²) in [5.41, 5.74) is 1.15. The van der Waals surface area contributed by atoms with Gasteiger partial charge < -0.3 is 15.4 Å². The number of benzene rings is 1. The molecule has 5 heteroatoms. The van der Waals surface area contributed by atoms with Gasteiger partial charge in [0.05, 0.1) is 0 Å². The second-order valence-electron chi connectivity index (χ2n) is 4.80. The van der Waals surface area contributed by atoms with Crippen LogP contribution in [-0.4, -0.2) is 10.1 Å². The lowest BCUT2D eigenvalue weighted by Gasteiger charge is -2.21. The molecule has 0 bridgehead atoms. The first-order chi connectivity index (χ1) is 9.47. The molecule has 1 aromatic carbocycles. The van der Waals surface area contributed by atoms with Crippen molar-refractivity contribution < 1.29 is 9.50 Å². The number of phenolic OH excluding ortho intramolecular Hbond substituents is 1. The second-order valence-corrected chi connectivity index (χ2v) is 4.80. The Morgan fingerprint density at radius 1 is 1.20 bits per heavy atom. The van der Waals surface area contributed by atoms with Crippen molar-refractivity contribution in [1.82, 2.24) is 10.3 Å². The van der Waals surface area contributed by atoms with Crippen LogP contribution in [-0.2, 0) is 0 Å². The van der Waals surface area contributed by atoms with Crippen LogP contribution < -0.4 is 10.9 Å². The molecule has 0 fully saturated rings. The van der Waals surface area contributed by atoms with E-state index < -0.39 is 5.82 Å². The molecule has 0 aliphatic rings. The molecule has 20 heavy (non-hydrogen) atoms. The predicted molar refractivity (Wildman–Crippen MR) is 75.1 cm³/mol. The fraction of sp³-hybridized carbons (Fsp3) is 0.267. The average Bonchev–Trinajstić information content (AvgIpc) is 2.41. The Kier molecular flexibility index (Phi) is 4.20. The van der Waals surface area contributed by atoms with Gasteiger partial charge in [0, 0.05) is 29.9 Å². The van der Waals surface area contributed by atoms with E-state index in [0.717, 1.165) is 5.56 Å². The molecule has 0 saturated heterocycles. The van der Waals surface area contributed by atoms with Crippen LogP contribution in [0.1, 0.15) is 37.1 Å². The molecule has 0 spiro atoms. The van der Waals surface area contributed by atoms with Crippen LogP contribution in [0.2, 0.25) is 0 Å². The molecule has 0 radical (unpaired) electrons. The fourth-order valence-corrected chi connectivity index (χ4v) is 2.16. The van der Waals surface area contributed by atoms with Crippen molar-refractivity contribution in [2.45, 2.75) is 25.9 Å². The van der Waals surface area contributed by atoms with Crippen molar-refractivity contribution in [2.75, 3.05) is 0 Å². The van der Waals surface area contributed by atoms with Gasteiger partial charge in [0.1, 0.15) is 11.6 Å². The molecular formula is C15H17FN2O2. The maximum atomic E-state index is 13.2. The van der Waals surface area contributed by atoms with Gasteiger partial charge in [-0.3, -0.25) is 4.79 Å². The quantitative estimate of drug-likeness (QED) is 0.804. The van der Waals surface area contributed by atoms with E-state index in [-0.39, 0.29) is 23.4 Å². The molecule has 0 amide bonds. The second kappa shape index (κ2) is 5.88. The third-order valence-corrected chi connectivity index (χ3v) is 3.26. The van der Waals surface area contributed by atoms with Crippen LogP contribution in [0.4, 0.5) is 4.39 Å². The Labute approximate surface area is 116 Å². The molecule has 4 nitrogen and oxygen atoms in total. The van der Waals surface area contributed by atoms with Crippen molar-refractivity contribution in [3.8, 4) is 5.75 Å². The SMILES string of the molecule is CC(NC(C)c1cc(F)ccc1O)c1cc[nH]c(=O)c1. The first-order valence-corrected chi connectivity index (χ1v) is 6.40. The lowest BCUT2D eigenvalue weighted by atomic mass is 10.0. The van der Waals surface area contributed by atoms with Gasteiger partial charge in [-0.15, -0.1) is 0 Å². The van der Waals surface area contributed by atoms with Crippen LogP contribution >= 0.6 is 0 Å². The number of nitrogens with one attached hydrogen (secondary N) is 2. The minimum Gasteiger partial charge on any atom is -0.508 e. The fourth-order valence-electron chi connectivity index (χ4n) is 2.16. The van der Waals surface area contributed by atoms with Gasteiger partial charge in [-0.25, -0.2) is 4.39 Å². The predicted octanol–water partition coefficient (Wildman–Crippen LogP) is 2.63. The summed E-state index contributed by atoms with van der Waals surface area (Å²) in [6.07, 6.45) is 1.58. The summed E-state index contributed by atoms with van der Waals surface area (Å²) >= 11 is 0. The summed E-state index contributed by atoms with van der Waals surface area (Å²) < 4.78 is 13.2. The van der Waals surface area contributed by atoms with Gasteiger partial charge in [0.25, 0.3) is 0 Å². The third-order valence-electron chi connectivity index (χ3n) is 3.26. The Morgan fingerprint density at radius 2 is 1.95 bits per heavy atom. The highest BCUT2D eigenvalue weighted by molar-refractivity contribution is 5.35. The number of aromatic hydroxyl groups is 1. The maximum Gasteiger partial charge on any atom is 0.248 e. The zero-order chi connectivity index (χ0) is 14.7. The van der Waals surface area contributed by atoms with Crippen molar-refractivity contribution in [1.29, 1.82) is 0 Å². The van der Waals surface area contributed by atoms with E-state index in [1.807, 2.05) is 13.8 Å². The molecule has 0 saturated carbocycles. The maximum absolute atomic E-state index is 13.2. The van der Waals surface area contributed by atoms with E-state index >= 15 is 0 Å². The number of aromatic amines is 1. The summed E-state index contributed by atoms with van der Waals surface area (Å²) in [7, 11) is 0. The first kappa shape index (κ1) is 14.3. The van der Waals surface area contributed by atoms with Gasteiger partial charge in [0.15, 0.2) is 0 Å². The van der Waals surface area contributed by atoms with Gasteiger partial charge in [-0.05, 0) is 43.7 Å². The molecule has 2 rings (SSSR count). The Hall–Kier alpha value is -2.14. The molecule has 106 valence electrons. The molecule has 0 aliphatic heterocycles. The molecular weight excluding hydrogens is 259 g/mol. The number of hydrogen-bond donors (Lipinski definition) is 3. The number of rotatable bonds is 4. The van der Waals surface area contributed by atoms with E-state index in [1.54, 1.807) is 12.3 Å². The van der Waals surface area contributed by atoms with Crippen molar-refractivity contribution in [3.63, 3.8) is 0 Å². The Balaban J connectivity index is 2.17. The van der Waals surface area contributed by atoms with Crippen molar-refractivity contribution in [2.24, 2.45) is 0 Å². The highest BCUT2D eigenvalue weighted by Crippen LogP contribution is 2.26. The molecule has 0 aliphatic carbocycles. The number of halogens is 1. The van der Waals surface area contributed by atoms with Gasteiger partial charge in [-0.2, -0.15) is 0 Å². The number of aromatic nitrogens is 1. The zero-order valence-electron chi connectivity index (χ0n) is 11.4. The minimum atomic E-state index is -0.393. The topological polar surface area (TPSA) is 65.1 Å². The summed E-state index contributed by atoms with van der Waals surface area (Å²) in [5, 5.41) is 13.0. The Bertz CT molecular complexity index is 654. The Morgan fingerprint density at radius 3 is 2.65 bits per heavy atom. The largest absolute Gasteiger partial charge is 0.508 e. The van der Waals surface area contributed by atoms with Gasteiger partial charge in [-0.1, -0.05) is 0 Å². The van der Waals surface area contributed by atoms with E-state index in [0.29, 0.717) is 5.56 Å². The highest BCUT2D eigenvalue weighted by atomic mass is 19.1. The number of pyridine rings is 1. The summed E-state index contributed by atoms with van der Waals surface area (Å²) in [4.78, 5) is 13.8. The van der Waals surface area contributed by atoms with E-state index in [1.165, 1.54) is 24.3 Å². The van der Waals surface area contributed by atoms with Gasteiger partial charge in [0.2, 0.25) is 5.56 Å². The molecule has 1 heterocycles. The van der Waals surface area contributed by atoms with Gasteiger partial charge >= 0.3 is 0 Å². The lowest BCUT2D eigenvalue weighted by molar-refractivity contribution is 0.435. The molecule has 2 atom stereocenters. The smallest absolute Gasteiger partial charge is 0.248 e. The molecule has 2 unspecified atom stereocenters. The third kappa shape index (κ3) is 3.24. The number of hydrogen-bond acceptors (Lipinski definition) is 3. The summed E-state index contributed by atoms with van der Waals surface area (Å²) in [6, 6.07) is 6.81. The van der Waals surface area contributed by atoms with E-state index in [2.05, 4.69) is 10.3 Å². The highest BCUT2D eigenvalue weighted by Gasteiger charge is 2.15. The van der Waals surface area contributed by atoms with Crippen molar-refractivity contribution in [3.05, 3.63) is 63.8 Å². The molecule has 3 N–H and O–H groups in total. The van der Waals surface area contributed by atoms with Crippen LogP contribution in [0.3, 0.4) is 0 Å². The van der Waals surface area contributed by atoms with Crippen LogP contribution in [0, 0.1) is 5.82 Å².